The van der Waals surface area contributed by atoms with E-state index in [-0.39, 0.29) is 5.41 Å². The summed E-state index contributed by atoms with van der Waals surface area (Å²) in [6, 6.07) is 11.1. The Hall–Kier alpha value is -1.49. The van der Waals surface area contributed by atoms with Gasteiger partial charge in [0.25, 0.3) is 0 Å². The summed E-state index contributed by atoms with van der Waals surface area (Å²) in [5.41, 5.74) is 1.51. The molecule has 0 N–H and O–H groups in total. The van der Waals surface area contributed by atoms with Crippen LogP contribution in [-0.2, 0) is 5.41 Å². The zero-order chi connectivity index (χ0) is 14.4. The normalized spacial score (nSPS) is 40.0. The smallest absolute Gasteiger partial charge is 0.118 e. The second-order valence-corrected chi connectivity index (χ2v) is 7.41. The molecule has 1 aromatic carbocycles. The van der Waals surface area contributed by atoms with Crippen LogP contribution in [0.4, 0.5) is 0 Å². The molecule has 4 saturated carbocycles. The van der Waals surface area contributed by atoms with Crippen LogP contribution < -0.4 is 4.74 Å². The Morgan fingerprint density at radius 1 is 1.05 bits per heavy atom. The summed E-state index contributed by atoms with van der Waals surface area (Å²) in [4.78, 5) is 0. The number of hydrogen-bond acceptors (Lipinski definition) is 2. The average molecular weight is 281 g/mol. The summed E-state index contributed by atoms with van der Waals surface area (Å²) in [5, 5.41) is 9.50. The topological polar surface area (TPSA) is 33.0 Å². The zero-order valence-corrected chi connectivity index (χ0v) is 12.7. The van der Waals surface area contributed by atoms with E-state index in [0.29, 0.717) is 6.42 Å². The maximum Gasteiger partial charge on any atom is 0.118 e. The third kappa shape index (κ3) is 1.83. The van der Waals surface area contributed by atoms with Gasteiger partial charge >= 0.3 is 0 Å². The highest BCUT2D eigenvalue weighted by molar-refractivity contribution is 5.36. The zero-order valence-electron chi connectivity index (χ0n) is 12.7. The van der Waals surface area contributed by atoms with Crippen LogP contribution in [0.25, 0.3) is 0 Å². The molecule has 4 fully saturated rings. The minimum Gasteiger partial charge on any atom is -0.497 e. The molecule has 0 atom stereocenters. The Morgan fingerprint density at radius 3 is 2.10 bits per heavy atom. The van der Waals surface area contributed by atoms with Gasteiger partial charge in [-0.25, -0.2) is 0 Å². The maximum atomic E-state index is 9.50. The van der Waals surface area contributed by atoms with Gasteiger partial charge in [0.2, 0.25) is 0 Å². The fraction of sp³-hybridized carbons (Fsp3) is 0.632. The lowest BCUT2D eigenvalue weighted by molar-refractivity contribution is -0.0591. The van der Waals surface area contributed by atoms with Gasteiger partial charge in [-0.3, -0.25) is 0 Å². The third-order valence-electron chi connectivity index (χ3n) is 6.59. The molecule has 110 valence electrons. The van der Waals surface area contributed by atoms with Gasteiger partial charge < -0.3 is 4.74 Å². The van der Waals surface area contributed by atoms with E-state index in [0.717, 1.165) is 29.4 Å². The lowest BCUT2D eigenvalue weighted by atomic mass is 9.43. The SMILES string of the molecule is COc1ccc(C2(CC#N)C3CC4CC(C3)CC2C4)cc1. The number of nitrogens with zero attached hydrogens (tertiary/aromatic N) is 1. The predicted octanol–water partition coefficient (Wildman–Crippen LogP) is 4.30. The Bertz CT molecular complexity index is 540. The summed E-state index contributed by atoms with van der Waals surface area (Å²) in [7, 11) is 1.71. The van der Waals surface area contributed by atoms with Crippen LogP contribution in [-0.4, -0.2) is 7.11 Å². The maximum absolute atomic E-state index is 9.50. The highest BCUT2D eigenvalue weighted by Crippen LogP contribution is 2.64. The minimum absolute atomic E-state index is 0.119. The molecule has 2 heteroatoms. The van der Waals surface area contributed by atoms with E-state index in [9.17, 15) is 5.26 Å². The Balaban J connectivity index is 1.77. The first kappa shape index (κ1) is 13.2. The lowest BCUT2D eigenvalue weighted by Crippen LogP contribution is -2.55. The van der Waals surface area contributed by atoms with Gasteiger partial charge in [-0.2, -0.15) is 5.26 Å². The van der Waals surface area contributed by atoms with E-state index in [1.54, 1.807) is 7.11 Å². The van der Waals surface area contributed by atoms with Crippen molar-refractivity contribution in [3.63, 3.8) is 0 Å². The molecule has 5 rings (SSSR count). The lowest BCUT2D eigenvalue weighted by Gasteiger charge is -2.61. The molecule has 0 saturated heterocycles. The van der Waals surface area contributed by atoms with Crippen LogP contribution in [0.15, 0.2) is 24.3 Å². The van der Waals surface area contributed by atoms with Gasteiger partial charge in [0, 0.05) is 11.8 Å². The van der Waals surface area contributed by atoms with Crippen molar-refractivity contribution < 1.29 is 4.74 Å². The van der Waals surface area contributed by atoms with Crippen molar-refractivity contribution in [2.45, 2.75) is 43.9 Å². The highest BCUT2D eigenvalue weighted by atomic mass is 16.5. The molecule has 0 radical (unpaired) electrons. The molecule has 0 unspecified atom stereocenters. The van der Waals surface area contributed by atoms with Crippen molar-refractivity contribution in [3.8, 4) is 11.8 Å². The molecular formula is C19H23NO. The summed E-state index contributed by atoms with van der Waals surface area (Å²) in [6.45, 7) is 0. The van der Waals surface area contributed by atoms with Gasteiger partial charge in [0.05, 0.1) is 13.2 Å². The fourth-order valence-electron chi connectivity index (χ4n) is 5.92. The molecule has 0 spiro atoms. The van der Waals surface area contributed by atoms with Gasteiger partial charge in [-0.05, 0) is 73.5 Å². The van der Waals surface area contributed by atoms with Gasteiger partial charge in [0.15, 0.2) is 0 Å². The van der Waals surface area contributed by atoms with E-state index in [1.165, 1.54) is 37.7 Å². The molecule has 1 aromatic rings. The molecular weight excluding hydrogens is 258 g/mol. The predicted molar refractivity (Wildman–Crippen MR) is 81.9 cm³/mol. The Labute approximate surface area is 127 Å². The van der Waals surface area contributed by atoms with E-state index < -0.39 is 0 Å². The third-order valence-corrected chi connectivity index (χ3v) is 6.59. The summed E-state index contributed by atoms with van der Waals surface area (Å²) in [6.07, 6.45) is 7.54. The van der Waals surface area contributed by atoms with Crippen molar-refractivity contribution in [1.82, 2.24) is 0 Å². The molecule has 2 nitrogen and oxygen atoms in total. The molecule has 4 bridgehead atoms. The number of nitriles is 1. The standard InChI is InChI=1S/C19H23NO/c1-21-18-4-2-15(3-5-18)19(6-7-20)16-9-13-8-14(11-16)12-17(19)10-13/h2-5,13-14,16-17H,6,8-12H2,1H3. The van der Waals surface area contributed by atoms with Crippen LogP contribution in [0.2, 0.25) is 0 Å². The number of ether oxygens (including phenoxy) is 1. The van der Waals surface area contributed by atoms with Crippen molar-refractivity contribution in [1.29, 1.82) is 5.26 Å². The van der Waals surface area contributed by atoms with Gasteiger partial charge in [0.1, 0.15) is 5.75 Å². The summed E-state index contributed by atoms with van der Waals surface area (Å²) < 4.78 is 5.30. The first-order chi connectivity index (χ1) is 10.3. The highest BCUT2D eigenvalue weighted by Gasteiger charge is 2.57. The number of methoxy groups -OCH3 is 1. The van der Waals surface area contributed by atoms with Crippen molar-refractivity contribution >= 4 is 0 Å². The number of benzene rings is 1. The molecule has 4 aliphatic rings. The van der Waals surface area contributed by atoms with E-state index in [4.69, 9.17) is 4.74 Å². The van der Waals surface area contributed by atoms with Crippen molar-refractivity contribution in [2.75, 3.05) is 7.11 Å². The summed E-state index contributed by atoms with van der Waals surface area (Å²) >= 11 is 0. The average Bonchev–Trinajstić information content (AvgIpc) is 2.50. The van der Waals surface area contributed by atoms with E-state index in [2.05, 4.69) is 30.3 Å². The molecule has 0 amide bonds. The molecule has 21 heavy (non-hydrogen) atoms. The largest absolute Gasteiger partial charge is 0.497 e. The van der Waals surface area contributed by atoms with Gasteiger partial charge in [-0.1, -0.05) is 12.1 Å². The van der Waals surface area contributed by atoms with Crippen molar-refractivity contribution in [2.24, 2.45) is 23.7 Å². The van der Waals surface area contributed by atoms with Crippen LogP contribution in [0.3, 0.4) is 0 Å². The second kappa shape index (κ2) is 4.77. The molecule has 4 aliphatic carbocycles. The monoisotopic (exact) mass is 281 g/mol. The minimum atomic E-state index is 0.119. The van der Waals surface area contributed by atoms with Crippen LogP contribution in [0.5, 0.6) is 5.75 Å². The van der Waals surface area contributed by atoms with E-state index >= 15 is 0 Å². The van der Waals surface area contributed by atoms with E-state index in [1.807, 2.05) is 0 Å². The fourth-order valence-corrected chi connectivity index (χ4v) is 5.92. The number of hydrogen-bond donors (Lipinski definition) is 0. The second-order valence-electron chi connectivity index (χ2n) is 7.41. The Morgan fingerprint density at radius 2 is 1.62 bits per heavy atom. The Kier molecular flexibility index (Phi) is 2.99. The van der Waals surface area contributed by atoms with Crippen LogP contribution in [0, 0.1) is 35.0 Å². The van der Waals surface area contributed by atoms with Gasteiger partial charge in [-0.15, -0.1) is 0 Å². The van der Waals surface area contributed by atoms with Crippen LogP contribution in [0.1, 0.15) is 44.1 Å². The summed E-state index contributed by atoms with van der Waals surface area (Å²) in [5.74, 6) is 4.24. The molecule has 0 aliphatic heterocycles. The van der Waals surface area contributed by atoms with Crippen molar-refractivity contribution in [3.05, 3.63) is 29.8 Å². The first-order valence-corrected chi connectivity index (χ1v) is 8.27. The molecule has 0 heterocycles. The number of rotatable bonds is 3. The quantitative estimate of drug-likeness (QED) is 0.827. The molecule has 0 aromatic heterocycles. The first-order valence-electron chi connectivity index (χ1n) is 8.27. The van der Waals surface area contributed by atoms with Crippen LogP contribution >= 0.6 is 0 Å².